The minimum atomic E-state index is -3.71. The maximum Gasteiger partial charge on any atom is 0.251 e. The van der Waals surface area contributed by atoms with Gasteiger partial charge in [0.25, 0.3) is 5.91 Å². The van der Waals surface area contributed by atoms with Gasteiger partial charge in [-0.1, -0.05) is 23.2 Å². The molecule has 0 bridgehead atoms. The number of hydrogen-bond acceptors (Lipinski definition) is 4. The highest BCUT2D eigenvalue weighted by Crippen LogP contribution is 2.33. The number of sulfonamides is 1. The zero-order valence-corrected chi connectivity index (χ0v) is 17.8. The first-order valence-corrected chi connectivity index (χ1v) is 11.9. The smallest absolute Gasteiger partial charge is 0.251 e. The molecule has 1 unspecified atom stereocenters. The maximum atomic E-state index is 12.9. The summed E-state index contributed by atoms with van der Waals surface area (Å²) in [5.41, 5.74) is 0. The Morgan fingerprint density at radius 1 is 1.04 bits per heavy atom. The lowest BCUT2D eigenvalue weighted by atomic mass is 10.1. The van der Waals surface area contributed by atoms with Crippen LogP contribution in [-0.4, -0.2) is 61.9 Å². The molecule has 1 saturated carbocycles. The number of ether oxygens (including phenoxy) is 1. The number of nitrogens with zero attached hydrogens (tertiary/aromatic N) is 2. The normalized spacial score (nSPS) is 24.9. The molecule has 1 aromatic carbocycles. The molecule has 28 heavy (non-hydrogen) atoms. The van der Waals surface area contributed by atoms with Crippen LogP contribution in [0.1, 0.15) is 32.1 Å². The standard InChI is InChI=1S/C19H24Cl2N2O4S/c20-14-3-4-16(21)18(11-14)28(25,26)23-9-5-15(6-10-23)27-17-7-8-22(19(17)24)12-13-1-2-13/h3-4,11,13,15,17H,1-2,5-10,12H2. The molecular formula is C19H24Cl2N2O4S. The Hall–Kier alpha value is -0.860. The molecule has 1 aromatic rings. The average Bonchev–Trinajstić information content (AvgIpc) is 3.43. The molecule has 2 saturated heterocycles. The largest absolute Gasteiger partial charge is 0.365 e. The van der Waals surface area contributed by atoms with Gasteiger partial charge in [0, 0.05) is 37.6 Å². The molecule has 4 rings (SSSR count). The van der Waals surface area contributed by atoms with Gasteiger partial charge in [0.1, 0.15) is 11.0 Å². The van der Waals surface area contributed by atoms with E-state index in [1.54, 1.807) is 6.07 Å². The molecule has 9 heteroatoms. The van der Waals surface area contributed by atoms with Crippen LogP contribution in [0.3, 0.4) is 0 Å². The van der Waals surface area contributed by atoms with E-state index in [4.69, 9.17) is 27.9 Å². The molecule has 3 aliphatic rings. The number of halogens is 2. The quantitative estimate of drug-likeness (QED) is 0.672. The highest BCUT2D eigenvalue weighted by Gasteiger charge is 2.38. The van der Waals surface area contributed by atoms with E-state index < -0.39 is 10.0 Å². The van der Waals surface area contributed by atoms with Crippen LogP contribution >= 0.6 is 23.2 Å². The van der Waals surface area contributed by atoms with Crippen LogP contribution in [0.15, 0.2) is 23.1 Å². The highest BCUT2D eigenvalue weighted by molar-refractivity contribution is 7.89. The van der Waals surface area contributed by atoms with Gasteiger partial charge in [0.2, 0.25) is 10.0 Å². The Balaban J connectivity index is 1.33. The number of carbonyl (C=O) groups is 1. The van der Waals surface area contributed by atoms with E-state index in [-0.39, 0.29) is 28.0 Å². The van der Waals surface area contributed by atoms with Gasteiger partial charge < -0.3 is 9.64 Å². The summed E-state index contributed by atoms with van der Waals surface area (Å²) < 4.78 is 33.3. The van der Waals surface area contributed by atoms with Crippen molar-refractivity contribution in [2.45, 2.75) is 49.2 Å². The van der Waals surface area contributed by atoms with E-state index >= 15 is 0 Å². The molecule has 0 radical (unpaired) electrons. The van der Waals surface area contributed by atoms with Crippen LogP contribution in [0.4, 0.5) is 0 Å². The lowest BCUT2D eigenvalue weighted by Gasteiger charge is -2.32. The second-order valence-corrected chi connectivity index (χ2v) is 10.6. The third kappa shape index (κ3) is 4.33. The molecule has 3 fully saturated rings. The van der Waals surface area contributed by atoms with E-state index in [2.05, 4.69) is 0 Å². The molecule has 154 valence electrons. The summed E-state index contributed by atoms with van der Waals surface area (Å²) in [6.07, 6.45) is 3.80. The Kier molecular flexibility index (Phi) is 5.91. The molecule has 6 nitrogen and oxygen atoms in total. The molecule has 2 heterocycles. The fraction of sp³-hybridized carbons (Fsp3) is 0.632. The minimum absolute atomic E-state index is 0.0303. The first kappa shape index (κ1) is 20.4. The van der Waals surface area contributed by atoms with E-state index in [1.807, 2.05) is 4.90 Å². The first-order chi connectivity index (χ1) is 13.3. The number of likely N-dealkylation sites (tertiary alicyclic amines) is 1. The predicted octanol–water partition coefficient (Wildman–Crippen LogP) is 3.17. The van der Waals surface area contributed by atoms with Gasteiger partial charge in [-0.2, -0.15) is 4.31 Å². The summed E-state index contributed by atoms with van der Waals surface area (Å²) in [6.45, 7) is 2.29. The maximum absolute atomic E-state index is 12.9. The summed E-state index contributed by atoms with van der Waals surface area (Å²) in [4.78, 5) is 14.4. The van der Waals surface area contributed by atoms with Gasteiger partial charge >= 0.3 is 0 Å². The number of carbonyl (C=O) groups excluding carboxylic acids is 1. The molecule has 0 N–H and O–H groups in total. The summed E-state index contributed by atoms with van der Waals surface area (Å²) in [5.74, 6) is 0.766. The van der Waals surface area contributed by atoms with Crippen LogP contribution in [0.5, 0.6) is 0 Å². The third-order valence-corrected chi connectivity index (χ3v) is 8.31. The minimum Gasteiger partial charge on any atom is -0.365 e. The van der Waals surface area contributed by atoms with Crippen molar-refractivity contribution in [3.63, 3.8) is 0 Å². The van der Waals surface area contributed by atoms with Gasteiger partial charge in [-0.15, -0.1) is 0 Å². The van der Waals surface area contributed by atoms with E-state index in [9.17, 15) is 13.2 Å². The molecule has 1 aliphatic carbocycles. The van der Waals surface area contributed by atoms with Crippen molar-refractivity contribution in [1.29, 1.82) is 0 Å². The summed E-state index contributed by atoms with van der Waals surface area (Å²) in [6, 6.07) is 4.44. The number of benzene rings is 1. The molecule has 0 aromatic heterocycles. The van der Waals surface area contributed by atoms with Crippen LogP contribution in [0, 0.1) is 5.92 Å². The summed E-state index contributed by atoms with van der Waals surface area (Å²) in [5, 5.41) is 0.492. The van der Waals surface area contributed by atoms with Gasteiger partial charge in [0.15, 0.2) is 0 Å². The zero-order valence-electron chi connectivity index (χ0n) is 15.5. The predicted molar refractivity (Wildman–Crippen MR) is 107 cm³/mol. The Morgan fingerprint density at radius 3 is 2.43 bits per heavy atom. The van der Waals surface area contributed by atoms with E-state index in [0.29, 0.717) is 36.9 Å². The van der Waals surface area contributed by atoms with Gasteiger partial charge in [-0.25, -0.2) is 8.42 Å². The molecule has 1 amide bonds. The van der Waals surface area contributed by atoms with Crippen molar-refractivity contribution in [3.8, 4) is 0 Å². The Labute approximate surface area is 175 Å². The fourth-order valence-corrected chi connectivity index (χ4v) is 6.09. The lowest BCUT2D eigenvalue weighted by Crippen LogP contribution is -2.43. The van der Waals surface area contributed by atoms with Crippen molar-refractivity contribution < 1.29 is 17.9 Å². The lowest BCUT2D eigenvalue weighted by molar-refractivity contribution is -0.141. The monoisotopic (exact) mass is 446 g/mol. The van der Waals surface area contributed by atoms with E-state index in [0.717, 1.165) is 19.5 Å². The second-order valence-electron chi connectivity index (χ2n) is 7.82. The highest BCUT2D eigenvalue weighted by atomic mass is 35.5. The second kappa shape index (κ2) is 8.11. The van der Waals surface area contributed by atoms with Gasteiger partial charge in [-0.05, 0) is 49.8 Å². The van der Waals surface area contributed by atoms with Crippen LogP contribution in [0.2, 0.25) is 10.0 Å². The third-order valence-electron chi connectivity index (χ3n) is 5.69. The van der Waals surface area contributed by atoms with Crippen LogP contribution in [0.25, 0.3) is 0 Å². The zero-order chi connectivity index (χ0) is 19.9. The summed E-state index contributed by atoms with van der Waals surface area (Å²) >= 11 is 12.0. The number of hydrogen-bond donors (Lipinski definition) is 0. The number of piperidine rings is 1. The number of rotatable bonds is 6. The van der Waals surface area contributed by atoms with Crippen molar-refractivity contribution >= 4 is 39.1 Å². The first-order valence-electron chi connectivity index (χ1n) is 9.74. The van der Waals surface area contributed by atoms with Crippen molar-refractivity contribution in [3.05, 3.63) is 28.2 Å². The molecule has 1 atom stereocenters. The Bertz CT molecular complexity index is 851. The Morgan fingerprint density at radius 2 is 1.75 bits per heavy atom. The van der Waals surface area contributed by atoms with Gasteiger partial charge in [0.05, 0.1) is 11.1 Å². The molecule has 0 spiro atoms. The van der Waals surface area contributed by atoms with E-state index in [1.165, 1.54) is 29.3 Å². The fourth-order valence-electron chi connectivity index (χ4n) is 3.88. The summed E-state index contributed by atoms with van der Waals surface area (Å²) in [7, 11) is -3.71. The SMILES string of the molecule is O=C1C(OC2CCN(S(=O)(=O)c3cc(Cl)ccc3Cl)CC2)CCN1CC1CC1. The van der Waals surface area contributed by atoms with Crippen molar-refractivity contribution in [2.75, 3.05) is 26.2 Å². The number of amides is 1. The van der Waals surface area contributed by atoms with Gasteiger partial charge in [-0.3, -0.25) is 4.79 Å². The van der Waals surface area contributed by atoms with Crippen molar-refractivity contribution in [2.24, 2.45) is 5.92 Å². The van der Waals surface area contributed by atoms with Crippen molar-refractivity contribution in [1.82, 2.24) is 9.21 Å². The van der Waals surface area contributed by atoms with Crippen LogP contribution < -0.4 is 0 Å². The average molecular weight is 447 g/mol. The molecular weight excluding hydrogens is 423 g/mol. The molecule has 2 aliphatic heterocycles. The van der Waals surface area contributed by atoms with Crippen LogP contribution in [-0.2, 0) is 19.6 Å². The topological polar surface area (TPSA) is 66.9 Å².